The molecule has 0 saturated heterocycles. The number of amides is 1. The molecule has 0 saturated carbocycles. The zero-order valence-electron chi connectivity index (χ0n) is 22.9. The Balaban J connectivity index is 1.70. The number of nitrogens with one attached hydrogen (secondary N) is 1. The van der Waals surface area contributed by atoms with Gasteiger partial charge in [-0.3, -0.25) is 14.4 Å². The van der Waals surface area contributed by atoms with Gasteiger partial charge in [-0.15, -0.1) is 0 Å². The molecule has 2 N–H and O–H groups in total. The molecule has 0 spiro atoms. The van der Waals surface area contributed by atoms with Crippen LogP contribution in [0.1, 0.15) is 29.8 Å². The Labute approximate surface area is 249 Å². The summed E-state index contributed by atoms with van der Waals surface area (Å²) in [4.78, 5) is 17.1. The normalized spacial score (nSPS) is 18.3. The fraction of sp³-hybridized carbons (Fsp3) is 0.345. The molecular weight excluding hydrogens is 592 g/mol. The third kappa shape index (κ3) is 7.31. The third-order valence-electron chi connectivity index (χ3n) is 6.99. The van der Waals surface area contributed by atoms with Crippen molar-refractivity contribution in [2.75, 3.05) is 31.5 Å². The molecule has 1 aliphatic heterocycles. The second kappa shape index (κ2) is 13.0. The molecule has 12 heteroatoms. The van der Waals surface area contributed by atoms with Crippen molar-refractivity contribution >= 4 is 44.8 Å². The first-order chi connectivity index (χ1) is 19.4. The van der Waals surface area contributed by atoms with Crippen molar-refractivity contribution in [2.45, 2.75) is 37.4 Å². The molecule has 4 rings (SSSR count). The summed E-state index contributed by atoms with van der Waals surface area (Å²) in [7, 11) is -2.22. The highest BCUT2D eigenvalue weighted by Crippen LogP contribution is 2.36. The summed E-state index contributed by atoms with van der Waals surface area (Å²) in [5.74, 6) is -1.07. The Morgan fingerprint density at radius 2 is 1.85 bits per heavy atom. The van der Waals surface area contributed by atoms with Gasteiger partial charge in [-0.1, -0.05) is 42.3 Å². The van der Waals surface area contributed by atoms with E-state index in [4.69, 9.17) is 27.9 Å². The standard InChI is InChI=1S/C29H32Cl2FN3O5S/c1-18-14-35(19(2)17-36)29(37)23-5-4-6-26(33-41(38,39)22-10-8-21(32)9-11-22)28(23)40-27(18)16-34(3)15-20-7-12-24(30)25(31)13-20/h4-13,18-19,27,33,36H,14-17H2,1-3H3/t18-,19+,27-/m0/s1. The summed E-state index contributed by atoms with van der Waals surface area (Å²) >= 11 is 12.3. The molecule has 1 amide bonds. The van der Waals surface area contributed by atoms with Gasteiger partial charge in [0.05, 0.1) is 38.8 Å². The van der Waals surface area contributed by atoms with Gasteiger partial charge < -0.3 is 14.7 Å². The van der Waals surface area contributed by atoms with Crippen LogP contribution in [-0.4, -0.2) is 68.1 Å². The number of nitrogens with zero attached hydrogens (tertiary/aromatic N) is 2. The number of carbonyl (C=O) groups excluding carboxylic acids is 1. The van der Waals surface area contributed by atoms with Gasteiger partial charge in [0.1, 0.15) is 11.9 Å². The molecular formula is C29H32Cl2FN3O5S. The minimum atomic E-state index is -4.13. The molecule has 3 atom stereocenters. The van der Waals surface area contributed by atoms with Gasteiger partial charge in [0, 0.05) is 25.6 Å². The number of halogens is 3. The highest BCUT2D eigenvalue weighted by Gasteiger charge is 2.35. The maximum Gasteiger partial charge on any atom is 0.262 e. The second-order valence-corrected chi connectivity index (χ2v) is 12.8. The van der Waals surface area contributed by atoms with Crippen molar-refractivity contribution in [1.82, 2.24) is 9.80 Å². The molecule has 41 heavy (non-hydrogen) atoms. The molecule has 220 valence electrons. The van der Waals surface area contributed by atoms with E-state index in [-0.39, 0.29) is 40.3 Å². The number of aliphatic hydroxyl groups is 1. The van der Waals surface area contributed by atoms with Crippen molar-refractivity contribution < 1.29 is 27.4 Å². The molecule has 8 nitrogen and oxygen atoms in total. The lowest BCUT2D eigenvalue weighted by Crippen LogP contribution is -2.49. The van der Waals surface area contributed by atoms with Crippen molar-refractivity contribution in [2.24, 2.45) is 5.92 Å². The fourth-order valence-corrected chi connectivity index (χ4v) is 6.06. The number of fused-ring (bicyclic) bond motifs is 1. The first-order valence-corrected chi connectivity index (χ1v) is 15.3. The van der Waals surface area contributed by atoms with Gasteiger partial charge in [-0.05, 0) is 68.1 Å². The fourth-order valence-electron chi connectivity index (χ4n) is 4.68. The topological polar surface area (TPSA) is 99.2 Å². The number of hydrogen-bond acceptors (Lipinski definition) is 6. The summed E-state index contributed by atoms with van der Waals surface area (Å²) in [5.41, 5.74) is 1.18. The number of ether oxygens (including phenoxy) is 1. The van der Waals surface area contributed by atoms with Crippen LogP contribution in [0.2, 0.25) is 10.0 Å². The van der Waals surface area contributed by atoms with E-state index >= 15 is 0 Å². The lowest BCUT2D eigenvalue weighted by molar-refractivity contribution is 0.0344. The van der Waals surface area contributed by atoms with E-state index in [9.17, 15) is 22.7 Å². The average molecular weight is 625 g/mol. The van der Waals surface area contributed by atoms with E-state index in [2.05, 4.69) is 4.72 Å². The first-order valence-electron chi connectivity index (χ1n) is 13.0. The quantitative estimate of drug-likeness (QED) is 0.336. The van der Waals surface area contributed by atoms with Crippen molar-refractivity contribution in [3.8, 4) is 5.75 Å². The van der Waals surface area contributed by atoms with Crippen LogP contribution in [0.3, 0.4) is 0 Å². The van der Waals surface area contributed by atoms with Gasteiger partial charge in [0.25, 0.3) is 15.9 Å². The van der Waals surface area contributed by atoms with Gasteiger partial charge in [-0.25, -0.2) is 12.8 Å². The number of carbonyl (C=O) groups is 1. The number of para-hydroxylation sites is 1. The van der Waals surface area contributed by atoms with Crippen LogP contribution in [0.5, 0.6) is 5.75 Å². The Kier molecular flexibility index (Phi) is 9.81. The smallest absolute Gasteiger partial charge is 0.262 e. The van der Waals surface area contributed by atoms with Gasteiger partial charge in [0.2, 0.25) is 0 Å². The SMILES string of the molecule is C[C@H](CO)N1C[C@H](C)[C@H](CN(C)Cc2ccc(Cl)c(Cl)c2)Oc2c(NS(=O)(=O)c3ccc(F)cc3)cccc2C1=O. The monoisotopic (exact) mass is 623 g/mol. The second-order valence-electron chi connectivity index (χ2n) is 10.3. The molecule has 3 aromatic rings. The van der Waals surface area contributed by atoms with E-state index < -0.39 is 28.0 Å². The summed E-state index contributed by atoms with van der Waals surface area (Å²) in [6.07, 6.45) is -0.473. The number of hydrogen-bond donors (Lipinski definition) is 2. The molecule has 1 aliphatic rings. The van der Waals surface area contributed by atoms with Gasteiger partial charge in [0.15, 0.2) is 5.75 Å². The molecule has 0 radical (unpaired) electrons. The Morgan fingerprint density at radius 3 is 2.51 bits per heavy atom. The van der Waals surface area contributed by atoms with Crippen molar-refractivity contribution in [3.63, 3.8) is 0 Å². The minimum Gasteiger partial charge on any atom is -0.486 e. The van der Waals surface area contributed by atoms with Crippen LogP contribution in [0.25, 0.3) is 0 Å². The molecule has 0 bridgehead atoms. The molecule has 0 aliphatic carbocycles. The largest absolute Gasteiger partial charge is 0.486 e. The van der Waals surface area contributed by atoms with E-state index in [1.54, 1.807) is 36.1 Å². The highest BCUT2D eigenvalue weighted by atomic mass is 35.5. The summed E-state index contributed by atoms with van der Waals surface area (Å²) < 4.78 is 48.8. The Bertz CT molecular complexity index is 1510. The zero-order valence-corrected chi connectivity index (χ0v) is 25.2. The highest BCUT2D eigenvalue weighted by molar-refractivity contribution is 7.92. The van der Waals surface area contributed by atoms with E-state index in [1.807, 2.05) is 24.9 Å². The average Bonchev–Trinajstić information content (AvgIpc) is 2.92. The lowest BCUT2D eigenvalue weighted by Gasteiger charge is -2.38. The molecule has 1 heterocycles. The van der Waals surface area contributed by atoms with Crippen LogP contribution >= 0.6 is 23.2 Å². The maximum absolute atomic E-state index is 13.7. The summed E-state index contributed by atoms with van der Waals surface area (Å²) in [6, 6.07) is 14.0. The Morgan fingerprint density at radius 1 is 1.15 bits per heavy atom. The van der Waals surface area contributed by atoms with E-state index in [0.717, 1.165) is 29.8 Å². The number of likely N-dealkylation sites (N-methyl/N-ethyl adjacent to an activating group) is 1. The zero-order chi connectivity index (χ0) is 29.9. The summed E-state index contributed by atoms with van der Waals surface area (Å²) in [5, 5.41) is 10.8. The van der Waals surface area contributed by atoms with Crippen LogP contribution in [0, 0.1) is 11.7 Å². The van der Waals surface area contributed by atoms with Crippen LogP contribution < -0.4 is 9.46 Å². The molecule has 3 aromatic carbocycles. The third-order valence-corrected chi connectivity index (χ3v) is 9.11. The van der Waals surface area contributed by atoms with Crippen molar-refractivity contribution in [1.29, 1.82) is 0 Å². The van der Waals surface area contributed by atoms with Crippen LogP contribution in [0.15, 0.2) is 65.6 Å². The molecule has 0 unspecified atom stereocenters. The van der Waals surface area contributed by atoms with Crippen LogP contribution in [0.4, 0.5) is 10.1 Å². The molecule has 0 aromatic heterocycles. The first kappa shape index (κ1) is 31.1. The predicted octanol–water partition coefficient (Wildman–Crippen LogP) is 5.29. The number of anilines is 1. The summed E-state index contributed by atoms with van der Waals surface area (Å²) in [6.45, 7) is 4.72. The number of aliphatic hydroxyl groups excluding tert-OH is 1. The van der Waals surface area contributed by atoms with Crippen LogP contribution in [-0.2, 0) is 16.6 Å². The van der Waals surface area contributed by atoms with Gasteiger partial charge >= 0.3 is 0 Å². The van der Waals surface area contributed by atoms with Crippen molar-refractivity contribution in [3.05, 3.63) is 87.7 Å². The van der Waals surface area contributed by atoms with Gasteiger partial charge in [-0.2, -0.15) is 0 Å². The van der Waals surface area contributed by atoms with E-state index in [1.165, 1.54) is 6.07 Å². The maximum atomic E-state index is 13.7. The Hall–Kier alpha value is -2.89. The number of sulfonamides is 1. The lowest BCUT2D eigenvalue weighted by atomic mass is 9.99. The molecule has 0 fully saturated rings. The number of benzene rings is 3. The predicted molar refractivity (Wildman–Crippen MR) is 158 cm³/mol. The van der Waals surface area contributed by atoms with E-state index in [0.29, 0.717) is 29.7 Å². The number of rotatable bonds is 9. The minimum absolute atomic E-state index is 0.0722.